The van der Waals surface area contributed by atoms with Gasteiger partial charge < -0.3 is 16.0 Å². The van der Waals surface area contributed by atoms with Gasteiger partial charge in [0, 0.05) is 6.04 Å². The summed E-state index contributed by atoms with van der Waals surface area (Å²) in [6.45, 7) is 7.66. The van der Waals surface area contributed by atoms with Crippen LogP contribution in [0.1, 0.15) is 59.3 Å². The number of likely N-dealkylation sites (N-methyl/N-ethyl adjacent to an activating group) is 1. The van der Waals surface area contributed by atoms with E-state index in [9.17, 15) is 4.79 Å². The Balaban J connectivity index is 2.34. The van der Waals surface area contributed by atoms with Crippen molar-refractivity contribution in [3.8, 4) is 0 Å². The van der Waals surface area contributed by atoms with Crippen LogP contribution in [0.15, 0.2) is 0 Å². The summed E-state index contributed by atoms with van der Waals surface area (Å²) in [5.41, 5.74) is 5.40. The van der Waals surface area contributed by atoms with Gasteiger partial charge >= 0.3 is 0 Å². The lowest BCUT2D eigenvalue weighted by molar-refractivity contribution is -0.123. The molecule has 4 nitrogen and oxygen atoms in total. The fourth-order valence-electron chi connectivity index (χ4n) is 3.06. The largest absolute Gasteiger partial charge is 0.368 e. The van der Waals surface area contributed by atoms with Crippen molar-refractivity contribution in [3.05, 3.63) is 0 Å². The molecule has 1 amide bonds. The maximum absolute atomic E-state index is 11.4. The second-order valence-electron chi connectivity index (χ2n) is 7.43. The average Bonchev–Trinajstić information content (AvgIpc) is 2.37. The van der Waals surface area contributed by atoms with Gasteiger partial charge in [0.1, 0.15) is 0 Å². The first-order valence-electron chi connectivity index (χ1n) is 7.89. The molecule has 0 radical (unpaired) electrons. The van der Waals surface area contributed by atoms with Gasteiger partial charge in [-0.3, -0.25) is 4.79 Å². The topological polar surface area (TPSA) is 58.4 Å². The zero-order valence-corrected chi connectivity index (χ0v) is 14.0. The lowest BCUT2D eigenvalue weighted by atomic mass is 9.75. The second kappa shape index (κ2) is 6.90. The SMILES string of the molecule is CNC(C)(CCCN(C)C1CCC(C)(C)CC1)C(N)=O. The van der Waals surface area contributed by atoms with Crippen molar-refractivity contribution < 1.29 is 4.79 Å². The molecule has 0 aliphatic heterocycles. The zero-order valence-electron chi connectivity index (χ0n) is 14.0. The Bertz CT molecular complexity index is 320. The average molecular weight is 283 g/mol. The van der Waals surface area contributed by atoms with Gasteiger partial charge in [0.15, 0.2) is 0 Å². The molecule has 0 aromatic carbocycles. The highest BCUT2D eigenvalue weighted by Gasteiger charge is 2.30. The summed E-state index contributed by atoms with van der Waals surface area (Å²) in [7, 11) is 4.02. The van der Waals surface area contributed by atoms with Crippen molar-refractivity contribution in [2.75, 3.05) is 20.6 Å². The number of rotatable bonds is 7. The third-order valence-corrected chi connectivity index (χ3v) is 5.22. The van der Waals surface area contributed by atoms with Gasteiger partial charge in [-0.05, 0) is 71.5 Å². The molecule has 0 aromatic heterocycles. The lowest BCUT2D eigenvalue weighted by Crippen LogP contribution is -2.51. The molecule has 0 heterocycles. The van der Waals surface area contributed by atoms with Crippen LogP contribution in [0.25, 0.3) is 0 Å². The first kappa shape index (κ1) is 17.4. The van der Waals surface area contributed by atoms with Crippen LogP contribution in [0.3, 0.4) is 0 Å². The molecule has 0 spiro atoms. The van der Waals surface area contributed by atoms with E-state index in [1.165, 1.54) is 25.7 Å². The monoisotopic (exact) mass is 283 g/mol. The summed E-state index contributed by atoms with van der Waals surface area (Å²) >= 11 is 0. The lowest BCUT2D eigenvalue weighted by Gasteiger charge is -2.39. The summed E-state index contributed by atoms with van der Waals surface area (Å²) in [6, 6.07) is 0.706. The fourth-order valence-corrected chi connectivity index (χ4v) is 3.06. The second-order valence-corrected chi connectivity index (χ2v) is 7.43. The zero-order chi connectivity index (χ0) is 15.4. The smallest absolute Gasteiger partial charge is 0.237 e. The highest BCUT2D eigenvalue weighted by Crippen LogP contribution is 2.36. The van der Waals surface area contributed by atoms with E-state index in [1.807, 2.05) is 6.92 Å². The van der Waals surface area contributed by atoms with Crippen LogP contribution in [-0.2, 0) is 4.79 Å². The summed E-state index contributed by atoms with van der Waals surface area (Å²) in [6.07, 6.45) is 7.01. The molecule has 0 bridgehead atoms. The van der Waals surface area contributed by atoms with Gasteiger partial charge in [0.2, 0.25) is 5.91 Å². The molecule has 1 fully saturated rings. The Morgan fingerprint density at radius 3 is 2.40 bits per heavy atom. The van der Waals surface area contributed by atoms with Crippen LogP contribution >= 0.6 is 0 Å². The van der Waals surface area contributed by atoms with Gasteiger partial charge in [-0.1, -0.05) is 13.8 Å². The molecule has 1 atom stereocenters. The number of hydrogen-bond acceptors (Lipinski definition) is 3. The van der Waals surface area contributed by atoms with Crippen LogP contribution in [0.5, 0.6) is 0 Å². The summed E-state index contributed by atoms with van der Waals surface area (Å²) in [5, 5.41) is 3.05. The molecule has 118 valence electrons. The summed E-state index contributed by atoms with van der Waals surface area (Å²) in [5.74, 6) is -0.262. The summed E-state index contributed by atoms with van der Waals surface area (Å²) in [4.78, 5) is 13.9. The quantitative estimate of drug-likeness (QED) is 0.752. The number of primary amides is 1. The van der Waals surface area contributed by atoms with Crippen LogP contribution in [0, 0.1) is 5.41 Å². The van der Waals surface area contributed by atoms with Crippen LogP contribution in [-0.4, -0.2) is 43.0 Å². The normalized spacial score (nSPS) is 22.7. The van der Waals surface area contributed by atoms with Gasteiger partial charge in [-0.25, -0.2) is 0 Å². The van der Waals surface area contributed by atoms with Crippen molar-refractivity contribution in [3.63, 3.8) is 0 Å². The molecular formula is C16H33N3O. The molecule has 3 N–H and O–H groups in total. The van der Waals surface area contributed by atoms with E-state index in [4.69, 9.17) is 5.73 Å². The Hall–Kier alpha value is -0.610. The molecule has 1 aliphatic carbocycles. The number of nitrogens with zero attached hydrogens (tertiary/aromatic N) is 1. The molecule has 0 saturated heterocycles. The number of nitrogens with one attached hydrogen (secondary N) is 1. The molecule has 1 unspecified atom stereocenters. The van der Waals surface area contributed by atoms with Gasteiger partial charge in [-0.2, -0.15) is 0 Å². The third-order valence-electron chi connectivity index (χ3n) is 5.22. The van der Waals surface area contributed by atoms with Gasteiger partial charge in [0.05, 0.1) is 5.54 Å². The predicted molar refractivity (Wildman–Crippen MR) is 84.6 cm³/mol. The van der Waals surface area contributed by atoms with Crippen molar-refractivity contribution in [1.29, 1.82) is 0 Å². The van der Waals surface area contributed by atoms with E-state index in [2.05, 4.69) is 31.1 Å². The van der Waals surface area contributed by atoms with E-state index in [-0.39, 0.29) is 5.91 Å². The van der Waals surface area contributed by atoms with Crippen molar-refractivity contribution in [2.45, 2.75) is 70.9 Å². The fraction of sp³-hybridized carbons (Fsp3) is 0.938. The van der Waals surface area contributed by atoms with Crippen molar-refractivity contribution >= 4 is 5.91 Å². The first-order chi connectivity index (χ1) is 9.20. The Labute approximate surface area is 124 Å². The number of carbonyl (C=O) groups is 1. The minimum Gasteiger partial charge on any atom is -0.368 e. The Kier molecular flexibility index (Phi) is 6.02. The first-order valence-corrected chi connectivity index (χ1v) is 7.89. The minimum atomic E-state index is -0.574. The van der Waals surface area contributed by atoms with Crippen molar-refractivity contribution in [2.24, 2.45) is 11.1 Å². The van der Waals surface area contributed by atoms with Crippen LogP contribution < -0.4 is 11.1 Å². The minimum absolute atomic E-state index is 0.262. The van der Waals surface area contributed by atoms with E-state index < -0.39 is 5.54 Å². The summed E-state index contributed by atoms with van der Waals surface area (Å²) < 4.78 is 0. The molecule has 1 rings (SSSR count). The standard InChI is InChI=1S/C16H33N3O/c1-15(2)10-7-13(8-11-15)19(5)12-6-9-16(3,18-4)14(17)20/h13,18H,6-12H2,1-5H3,(H2,17,20). The maximum Gasteiger partial charge on any atom is 0.237 e. The molecular weight excluding hydrogens is 250 g/mol. The van der Waals surface area contributed by atoms with Gasteiger partial charge in [0.25, 0.3) is 0 Å². The molecule has 1 aliphatic rings. The molecule has 4 heteroatoms. The highest BCUT2D eigenvalue weighted by atomic mass is 16.1. The Morgan fingerprint density at radius 1 is 1.40 bits per heavy atom. The number of carbonyl (C=O) groups excluding carboxylic acids is 1. The van der Waals surface area contributed by atoms with E-state index >= 15 is 0 Å². The number of amides is 1. The molecule has 0 aromatic rings. The van der Waals surface area contributed by atoms with E-state index in [1.54, 1.807) is 7.05 Å². The Morgan fingerprint density at radius 2 is 1.95 bits per heavy atom. The van der Waals surface area contributed by atoms with E-state index in [0.717, 1.165) is 19.4 Å². The third kappa shape index (κ3) is 4.74. The predicted octanol–water partition coefficient (Wildman–Crippen LogP) is 2.13. The highest BCUT2D eigenvalue weighted by molar-refractivity contribution is 5.84. The molecule has 1 saturated carbocycles. The van der Waals surface area contributed by atoms with Crippen molar-refractivity contribution in [1.82, 2.24) is 10.2 Å². The maximum atomic E-state index is 11.4. The van der Waals surface area contributed by atoms with Crippen LogP contribution in [0.4, 0.5) is 0 Å². The number of nitrogens with two attached hydrogens (primary N) is 1. The van der Waals surface area contributed by atoms with Gasteiger partial charge in [-0.15, -0.1) is 0 Å². The molecule has 20 heavy (non-hydrogen) atoms. The van der Waals surface area contributed by atoms with E-state index in [0.29, 0.717) is 11.5 Å². The number of hydrogen-bond donors (Lipinski definition) is 2. The van der Waals surface area contributed by atoms with Crippen LogP contribution in [0.2, 0.25) is 0 Å².